The first-order chi connectivity index (χ1) is 13.1. The first-order valence-corrected chi connectivity index (χ1v) is 10.1. The maximum atomic E-state index is 6.41. The number of hydrogen-bond acceptors (Lipinski definition) is 8. The van der Waals surface area contributed by atoms with Crippen molar-refractivity contribution in [3.63, 3.8) is 0 Å². The molecule has 1 atom stereocenters. The van der Waals surface area contributed by atoms with Crippen molar-refractivity contribution < 1.29 is 4.74 Å². The first kappa shape index (κ1) is 17.8. The van der Waals surface area contributed by atoms with E-state index in [-0.39, 0.29) is 6.04 Å². The number of aromatic nitrogens is 3. The lowest BCUT2D eigenvalue weighted by Crippen LogP contribution is -2.26. The van der Waals surface area contributed by atoms with Crippen LogP contribution in [0.1, 0.15) is 11.3 Å². The number of ether oxygens (including phenoxy) is 1. The van der Waals surface area contributed by atoms with Crippen LogP contribution < -0.4 is 16.2 Å². The van der Waals surface area contributed by atoms with E-state index in [1.54, 1.807) is 24.6 Å². The molecule has 27 heavy (non-hydrogen) atoms. The van der Waals surface area contributed by atoms with Gasteiger partial charge in [-0.15, -0.1) is 11.3 Å². The number of nitrogen functional groups attached to an aromatic ring is 1. The number of nitrogens with two attached hydrogens (primary N) is 2. The standard InChI is InChI=1S/C19H19N5OS2/c1-25-13-4-2-11(3-5-13)8-12(20)9-15-17(27-19(21)24-15)18-23-14-6-7-22-10-16(14)26-18/h2-7,10,12H,8-9,20H2,1H3,(H2,21,24)/t12-/m0/s1. The van der Waals surface area contributed by atoms with E-state index in [0.717, 1.165) is 38.0 Å². The number of pyridine rings is 1. The zero-order valence-corrected chi connectivity index (χ0v) is 16.4. The summed E-state index contributed by atoms with van der Waals surface area (Å²) >= 11 is 3.06. The molecule has 6 nitrogen and oxygen atoms in total. The highest BCUT2D eigenvalue weighted by molar-refractivity contribution is 7.26. The molecule has 3 heterocycles. The summed E-state index contributed by atoms with van der Waals surface area (Å²) in [5.41, 5.74) is 15.4. The fourth-order valence-corrected chi connectivity index (χ4v) is 4.83. The van der Waals surface area contributed by atoms with E-state index in [9.17, 15) is 0 Å². The Kier molecular flexibility index (Phi) is 5.02. The fourth-order valence-electron chi connectivity index (χ4n) is 2.94. The number of rotatable bonds is 6. The van der Waals surface area contributed by atoms with Gasteiger partial charge in [0.15, 0.2) is 5.13 Å². The van der Waals surface area contributed by atoms with Gasteiger partial charge in [-0.05, 0) is 30.2 Å². The van der Waals surface area contributed by atoms with Gasteiger partial charge >= 0.3 is 0 Å². The molecule has 0 saturated carbocycles. The minimum Gasteiger partial charge on any atom is -0.497 e. The summed E-state index contributed by atoms with van der Waals surface area (Å²) in [6.07, 6.45) is 4.97. The highest BCUT2D eigenvalue weighted by Crippen LogP contribution is 2.37. The van der Waals surface area contributed by atoms with Gasteiger partial charge in [0.05, 0.1) is 27.9 Å². The number of hydrogen-bond donors (Lipinski definition) is 2. The van der Waals surface area contributed by atoms with Crippen molar-refractivity contribution in [2.24, 2.45) is 5.73 Å². The minimum atomic E-state index is -0.0605. The third-order valence-electron chi connectivity index (χ3n) is 4.21. The van der Waals surface area contributed by atoms with Gasteiger partial charge in [-0.25, -0.2) is 9.97 Å². The molecule has 0 unspecified atom stereocenters. The monoisotopic (exact) mass is 397 g/mol. The van der Waals surface area contributed by atoms with Gasteiger partial charge in [0.2, 0.25) is 0 Å². The van der Waals surface area contributed by atoms with E-state index in [1.807, 2.05) is 36.5 Å². The molecule has 0 bridgehead atoms. The van der Waals surface area contributed by atoms with Crippen molar-refractivity contribution in [1.29, 1.82) is 0 Å². The average molecular weight is 398 g/mol. The Labute approximate surface area is 164 Å². The summed E-state index contributed by atoms with van der Waals surface area (Å²) in [6, 6.07) is 9.82. The molecule has 1 aromatic carbocycles. The van der Waals surface area contributed by atoms with Crippen LogP contribution in [0.5, 0.6) is 5.75 Å². The second kappa shape index (κ2) is 7.59. The Hall–Kier alpha value is -2.55. The smallest absolute Gasteiger partial charge is 0.180 e. The molecule has 8 heteroatoms. The van der Waals surface area contributed by atoms with Gasteiger partial charge in [-0.1, -0.05) is 23.5 Å². The summed E-state index contributed by atoms with van der Waals surface area (Å²) in [5.74, 6) is 0.840. The summed E-state index contributed by atoms with van der Waals surface area (Å²) in [6.45, 7) is 0. The molecule has 4 N–H and O–H groups in total. The normalized spacial score (nSPS) is 12.4. The van der Waals surface area contributed by atoms with E-state index in [2.05, 4.69) is 9.97 Å². The van der Waals surface area contributed by atoms with Gasteiger partial charge in [-0.3, -0.25) is 4.98 Å². The molecule has 4 aromatic rings. The predicted molar refractivity (Wildman–Crippen MR) is 111 cm³/mol. The highest BCUT2D eigenvalue weighted by Gasteiger charge is 2.18. The van der Waals surface area contributed by atoms with Crippen LogP contribution in [-0.4, -0.2) is 28.1 Å². The molecule has 0 spiro atoms. The van der Waals surface area contributed by atoms with Crippen LogP contribution in [0.25, 0.3) is 20.1 Å². The molecule has 0 saturated heterocycles. The van der Waals surface area contributed by atoms with Crippen molar-refractivity contribution in [3.8, 4) is 15.6 Å². The Bertz CT molecular complexity index is 1020. The average Bonchev–Trinajstić information content (AvgIpc) is 3.25. The zero-order valence-electron chi connectivity index (χ0n) is 14.8. The number of methoxy groups -OCH3 is 1. The lowest BCUT2D eigenvalue weighted by molar-refractivity contribution is 0.414. The van der Waals surface area contributed by atoms with Crippen molar-refractivity contribution in [2.45, 2.75) is 18.9 Å². The van der Waals surface area contributed by atoms with Gasteiger partial charge < -0.3 is 16.2 Å². The molecule has 3 aromatic heterocycles. The molecular formula is C19H19N5OS2. The predicted octanol–water partition coefficient (Wildman–Crippen LogP) is 3.52. The van der Waals surface area contributed by atoms with Crippen LogP contribution in [0.3, 0.4) is 0 Å². The van der Waals surface area contributed by atoms with Crippen LogP contribution in [-0.2, 0) is 12.8 Å². The molecule has 0 aliphatic carbocycles. The minimum absolute atomic E-state index is 0.0605. The molecule has 0 radical (unpaired) electrons. The Morgan fingerprint density at radius 3 is 2.63 bits per heavy atom. The summed E-state index contributed by atoms with van der Waals surface area (Å²) in [7, 11) is 1.66. The van der Waals surface area contributed by atoms with Gasteiger partial charge in [-0.2, -0.15) is 0 Å². The quantitative estimate of drug-likeness (QED) is 0.516. The number of thiazole rings is 2. The molecule has 138 valence electrons. The van der Waals surface area contributed by atoms with Crippen molar-refractivity contribution in [3.05, 3.63) is 54.0 Å². The van der Waals surface area contributed by atoms with Crippen molar-refractivity contribution in [2.75, 3.05) is 12.8 Å². The highest BCUT2D eigenvalue weighted by atomic mass is 32.1. The van der Waals surface area contributed by atoms with Crippen LogP contribution in [0.4, 0.5) is 5.13 Å². The number of benzene rings is 1. The van der Waals surface area contributed by atoms with Crippen LogP contribution in [0, 0.1) is 0 Å². The van der Waals surface area contributed by atoms with E-state index in [0.29, 0.717) is 11.6 Å². The molecular weight excluding hydrogens is 378 g/mol. The summed E-state index contributed by atoms with van der Waals surface area (Å²) in [4.78, 5) is 14.4. The van der Waals surface area contributed by atoms with Gasteiger partial charge in [0.1, 0.15) is 10.8 Å². The van der Waals surface area contributed by atoms with Crippen LogP contribution in [0.2, 0.25) is 0 Å². The van der Waals surface area contributed by atoms with E-state index < -0.39 is 0 Å². The third-order valence-corrected chi connectivity index (χ3v) is 6.30. The Morgan fingerprint density at radius 2 is 1.89 bits per heavy atom. The lowest BCUT2D eigenvalue weighted by atomic mass is 10.0. The second-order valence-corrected chi connectivity index (χ2v) is 8.27. The van der Waals surface area contributed by atoms with E-state index in [4.69, 9.17) is 21.2 Å². The first-order valence-electron chi connectivity index (χ1n) is 8.47. The van der Waals surface area contributed by atoms with Crippen LogP contribution in [0.15, 0.2) is 42.7 Å². The lowest BCUT2D eigenvalue weighted by Gasteiger charge is -2.11. The third kappa shape index (κ3) is 3.92. The second-order valence-electron chi connectivity index (χ2n) is 6.21. The number of anilines is 1. The van der Waals surface area contributed by atoms with E-state index in [1.165, 1.54) is 16.9 Å². The van der Waals surface area contributed by atoms with E-state index >= 15 is 0 Å². The molecule has 0 aliphatic rings. The Balaban J connectivity index is 1.55. The maximum Gasteiger partial charge on any atom is 0.180 e. The summed E-state index contributed by atoms with van der Waals surface area (Å²) < 4.78 is 6.25. The van der Waals surface area contributed by atoms with Gasteiger partial charge in [0, 0.05) is 24.9 Å². The largest absolute Gasteiger partial charge is 0.497 e. The molecule has 0 fully saturated rings. The van der Waals surface area contributed by atoms with Crippen LogP contribution >= 0.6 is 22.7 Å². The maximum absolute atomic E-state index is 6.41. The topological polar surface area (TPSA) is 99.9 Å². The molecule has 4 rings (SSSR count). The summed E-state index contributed by atoms with van der Waals surface area (Å²) in [5, 5.41) is 1.45. The molecule has 0 aliphatic heterocycles. The SMILES string of the molecule is COc1ccc(C[C@H](N)Cc2nc(N)sc2-c2nc3ccncc3s2)cc1. The van der Waals surface area contributed by atoms with Gasteiger partial charge in [0.25, 0.3) is 0 Å². The van der Waals surface area contributed by atoms with Crippen molar-refractivity contribution >= 4 is 38.0 Å². The number of fused-ring (bicyclic) bond motifs is 1. The van der Waals surface area contributed by atoms with Crippen molar-refractivity contribution in [1.82, 2.24) is 15.0 Å². The fraction of sp³-hybridized carbons (Fsp3) is 0.211. The zero-order chi connectivity index (χ0) is 18.8. The number of nitrogens with zero attached hydrogens (tertiary/aromatic N) is 3. The molecule has 0 amide bonds. The Morgan fingerprint density at radius 1 is 1.07 bits per heavy atom.